The van der Waals surface area contributed by atoms with Crippen LogP contribution in [0, 0.1) is 0 Å². The molecule has 1 atom stereocenters. The second-order valence-electron chi connectivity index (χ2n) is 16.5. The average molecular weight is 799 g/mol. The van der Waals surface area contributed by atoms with Crippen LogP contribution >= 0.6 is 0 Å². The Morgan fingerprint density at radius 3 is 1.90 bits per heavy atom. The predicted octanol–water partition coefficient (Wildman–Crippen LogP) is 13.5. The molecular weight excluding hydrogens is 757 g/mol. The number of aromatic nitrogens is 6. The smallest absolute Gasteiger partial charge is 0.238 e. The van der Waals surface area contributed by atoms with E-state index in [-0.39, 0.29) is 0 Å². The lowest BCUT2D eigenvalue weighted by Gasteiger charge is -2.17. The van der Waals surface area contributed by atoms with Gasteiger partial charge in [0.25, 0.3) is 0 Å². The molecule has 4 heterocycles. The maximum absolute atomic E-state index is 5.37. The van der Waals surface area contributed by atoms with Gasteiger partial charge in [0.15, 0.2) is 11.6 Å². The van der Waals surface area contributed by atoms with Gasteiger partial charge in [0.1, 0.15) is 0 Å². The highest BCUT2D eigenvalue weighted by Gasteiger charge is 2.26. The standard InChI is InChI=1S/C56H42N6/c1-4-16-37(17-5-1)41-22-14-23-42(34-41)55-58-54(40-20-8-3-9-21-40)59-56(60-55)62-51-29-13-11-25-45(51)47-35-52-46(36-53(47)62)44-24-10-12-28-50(44)61(52)43-32-30-39(31-33-43)49-27-15-26-48(57-49)38-18-6-2-7-19-38/h1-10,12,14-16,18-24,26-28,30-37H,11,13,17,25,29H2. The van der Waals surface area contributed by atoms with Crippen LogP contribution in [-0.2, 0) is 12.8 Å². The van der Waals surface area contributed by atoms with Crippen LogP contribution in [0.4, 0.5) is 0 Å². The second kappa shape index (κ2) is 15.1. The van der Waals surface area contributed by atoms with E-state index in [1.54, 1.807) is 0 Å². The van der Waals surface area contributed by atoms with Crippen LogP contribution in [0.1, 0.15) is 42.0 Å². The van der Waals surface area contributed by atoms with Crippen molar-refractivity contribution < 1.29 is 0 Å². The first-order valence-corrected chi connectivity index (χ1v) is 21.7. The molecule has 2 aliphatic carbocycles. The SMILES string of the molecule is C1=CCC(c2cccc(-c3nc(-c4ccccc4)nc(-n4c5c(c6cc7c(cc64)c4ccccc4n7-c4ccc(-c6cccc(-c7ccccc7)n6)cc4)CCCC5)n3)c2)C=C1. The van der Waals surface area contributed by atoms with E-state index in [0.29, 0.717) is 23.5 Å². The van der Waals surface area contributed by atoms with Crippen LogP contribution in [0.25, 0.3) is 89.6 Å². The highest BCUT2D eigenvalue weighted by Crippen LogP contribution is 2.41. The molecular formula is C56H42N6. The maximum Gasteiger partial charge on any atom is 0.238 e. The van der Waals surface area contributed by atoms with Crippen molar-refractivity contribution in [2.45, 2.75) is 38.0 Å². The van der Waals surface area contributed by atoms with Crippen molar-refractivity contribution in [1.29, 1.82) is 0 Å². The first-order chi connectivity index (χ1) is 30.7. The Hall–Kier alpha value is -7.70. The largest absolute Gasteiger partial charge is 0.309 e. The van der Waals surface area contributed by atoms with Crippen molar-refractivity contribution >= 4 is 32.7 Å². The van der Waals surface area contributed by atoms with Crippen LogP contribution in [0.15, 0.2) is 188 Å². The van der Waals surface area contributed by atoms with Gasteiger partial charge in [-0.05, 0) is 91.8 Å². The van der Waals surface area contributed by atoms with Gasteiger partial charge in [-0.25, -0.2) is 9.97 Å². The molecule has 296 valence electrons. The Morgan fingerprint density at radius 2 is 1.11 bits per heavy atom. The molecule has 62 heavy (non-hydrogen) atoms. The first-order valence-electron chi connectivity index (χ1n) is 21.7. The minimum Gasteiger partial charge on any atom is -0.309 e. The van der Waals surface area contributed by atoms with E-state index in [9.17, 15) is 0 Å². The molecule has 4 aromatic heterocycles. The van der Waals surface area contributed by atoms with Crippen molar-refractivity contribution in [1.82, 2.24) is 29.1 Å². The fraction of sp³-hybridized carbons (Fsp3) is 0.107. The average Bonchev–Trinajstić information content (AvgIpc) is 3.86. The monoisotopic (exact) mass is 798 g/mol. The Balaban J connectivity index is 1.03. The first kappa shape index (κ1) is 36.2. The van der Waals surface area contributed by atoms with Crippen LogP contribution in [-0.4, -0.2) is 29.1 Å². The molecule has 0 bridgehead atoms. The van der Waals surface area contributed by atoms with Gasteiger partial charge in [-0.3, -0.25) is 4.57 Å². The van der Waals surface area contributed by atoms with Crippen LogP contribution in [0.3, 0.4) is 0 Å². The summed E-state index contributed by atoms with van der Waals surface area (Å²) in [5, 5.41) is 3.67. The van der Waals surface area contributed by atoms with Gasteiger partial charge in [-0.1, -0.05) is 140 Å². The zero-order chi connectivity index (χ0) is 41.0. The van der Waals surface area contributed by atoms with Crippen LogP contribution in [0.2, 0.25) is 0 Å². The summed E-state index contributed by atoms with van der Waals surface area (Å²) in [7, 11) is 0. The van der Waals surface area contributed by atoms with E-state index in [2.05, 4.69) is 185 Å². The molecule has 0 amide bonds. The number of para-hydroxylation sites is 1. The zero-order valence-electron chi connectivity index (χ0n) is 34.2. The van der Waals surface area contributed by atoms with Crippen molar-refractivity contribution in [3.63, 3.8) is 0 Å². The summed E-state index contributed by atoms with van der Waals surface area (Å²) in [4.78, 5) is 20.9. The predicted molar refractivity (Wildman–Crippen MR) is 253 cm³/mol. The summed E-state index contributed by atoms with van der Waals surface area (Å²) < 4.78 is 4.78. The van der Waals surface area contributed by atoms with E-state index in [1.165, 1.54) is 44.0 Å². The summed E-state index contributed by atoms with van der Waals surface area (Å²) in [6.07, 6.45) is 14.0. The highest BCUT2D eigenvalue weighted by molar-refractivity contribution is 6.14. The Labute approximate surface area is 360 Å². The molecule has 0 radical (unpaired) electrons. The normalized spacial score (nSPS) is 14.8. The van der Waals surface area contributed by atoms with Gasteiger partial charge in [-0.15, -0.1) is 0 Å². The molecule has 6 aromatic carbocycles. The third kappa shape index (κ3) is 6.26. The molecule has 0 fully saturated rings. The number of aryl methyl sites for hydroxylation is 1. The second-order valence-corrected chi connectivity index (χ2v) is 16.5. The van der Waals surface area contributed by atoms with Crippen LogP contribution < -0.4 is 0 Å². The van der Waals surface area contributed by atoms with Gasteiger partial charge < -0.3 is 4.57 Å². The highest BCUT2D eigenvalue weighted by atomic mass is 15.2. The number of benzene rings is 6. The van der Waals surface area contributed by atoms with E-state index >= 15 is 0 Å². The van der Waals surface area contributed by atoms with E-state index in [4.69, 9.17) is 19.9 Å². The molecule has 0 spiro atoms. The summed E-state index contributed by atoms with van der Waals surface area (Å²) in [5.74, 6) is 2.34. The lowest BCUT2D eigenvalue weighted by atomic mass is 9.91. The molecule has 2 aliphatic rings. The Kier molecular flexibility index (Phi) is 8.80. The summed E-state index contributed by atoms with van der Waals surface area (Å²) >= 11 is 0. The number of nitrogens with zero attached hydrogens (tertiary/aromatic N) is 6. The zero-order valence-corrected chi connectivity index (χ0v) is 34.2. The molecule has 0 aliphatic heterocycles. The number of hydrogen-bond acceptors (Lipinski definition) is 4. The molecule has 10 aromatic rings. The molecule has 0 saturated carbocycles. The van der Waals surface area contributed by atoms with Crippen molar-refractivity contribution in [3.8, 4) is 56.9 Å². The van der Waals surface area contributed by atoms with Crippen molar-refractivity contribution in [2.75, 3.05) is 0 Å². The summed E-state index contributed by atoms with van der Waals surface area (Å²) in [5.41, 5.74) is 14.6. The topological polar surface area (TPSA) is 61.4 Å². The van der Waals surface area contributed by atoms with Crippen molar-refractivity contribution in [2.24, 2.45) is 0 Å². The molecule has 6 heteroatoms. The Morgan fingerprint density at radius 1 is 0.452 bits per heavy atom. The molecule has 0 saturated heterocycles. The van der Waals surface area contributed by atoms with Gasteiger partial charge in [-0.2, -0.15) is 9.97 Å². The lowest BCUT2D eigenvalue weighted by molar-refractivity contribution is 0.661. The van der Waals surface area contributed by atoms with E-state index in [0.717, 1.165) is 76.9 Å². The lowest BCUT2D eigenvalue weighted by Crippen LogP contribution is -2.11. The van der Waals surface area contributed by atoms with Crippen molar-refractivity contribution in [3.05, 3.63) is 205 Å². The Bertz CT molecular complexity index is 3370. The number of allylic oxidation sites excluding steroid dienone is 4. The summed E-state index contributed by atoms with van der Waals surface area (Å²) in [6.45, 7) is 0. The number of fused-ring (bicyclic) bond motifs is 6. The molecule has 1 unspecified atom stereocenters. The fourth-order valence-electron chi connectivity index (χ4n) is 9.70. The third-order valence-electron chi connectivity index (χ3n) is 12.7. The van der Waals surface area contributed by atoms with E-state index in [1.807, 2.05) is 12.1 Å². The summed E-state index contributed by atoms with van der Waals surface area (Å²) in [6, 6.07) is 58.1. The van der Waals surface area contributed by atoms with Gasteiger partial charge in [0, 0.05) is 55.7 Å². The number of rotatable bonds is 7. The van der Waals surface area contributed by atoms with Gasteiger partial charge >= 0.3 is 0 Å². The van der Waals surface area contributed by atoms with Gasteiger partial charge in [0.2, 0.25) is 5.95 Å². The molecule has 12 rings (SSSR count). The minimum atomic E-state index is 0.326. The molecule has 0 N–H and O–H groups in total. The quantitative estimate of drug-likeness (QED) is 0.161. The van der Waals surface area contributed by atoms with Gasteiger partial charge in [0.05, 0.1) is 27.9 Å². The maximum atomic E-state index is 5.37. The fourth-order valence-corrected chi connectivity index (χ4v) is 9.70. The third-order valence-corrected chi connectivity index (χ3v) is 12.7. The number of hydrogen-bond donors (Lipinski definition) is 0. The van der Waals surface area contributed by atoms with E-state index < -0.39 is 0 Å². The van der Waals surface area contributed by atoms with Crippen LogP contribution in [0.5, 0.6) is 0 Å². The molecule has 6 nitrogen and oxygen atoms in total. The number of pyridine rings is 1. The minimum absolute atomic E-state index is 0.326.